The molecule has 0 amide bonds. The molecule has 0 bridgehead atoms. The van der Waals surface area contributed by atoms with Gasteiger partial charge in [0, 0.05) is 13.1 Å². The lowest BCUT2D eigenvalue weighted by Crippen LogP contribution is -2.43. The lowest BCUT2D eigenvalue weighted by atomic mass is 10.1. The Kier molecular flexibility index (Phi) is 5.66. The van der Waals surface area contributed by atoms with Crippen molar-refractivity contribution in [3.63, 3.8) is 0 Å². The van der Waals surface area contributed by atoms with Gasteiger partial charge >= 0.3 is 0 Å². The molecule has 1 aliphatic rings. The summed E-state index contributed by atoms with van der Waals surface area (Å²) >= 11 is 6.15. The molecule has 1 N–H and O–H groups in total. The fourth-order valence-electron chi connectivity index (χ4n) is 2.71. The second-order valence-electron chi connectivity index (χ2n) is 5.52. The second-order valence-corrected chi connectivity index (χ2v) is 7.89. The minimum absolute atomic E-state index is 0.0437. The monoisotopic (exact) mass is 330 g/mol. The molecule has 1 aliphatic heterocycles. The van der Waals surface area contributed by atoms with E-state index in [1.165, 1.54) is 4.31 Å². The van der Waals surface area contributed by atoms with E-state index in [4.69, 9.17) is 11.6 Å². The molecule has 118 valence electrons. The topological polar surface area (TPSA) is 49.4 Å². The van der Waals surface area contributed by atoms with E-state index in [-0.39, 0.29) is 10.9 Å². The van der Waals surface area contributed by atoms with Crippen LogP contribution in [0.5, 0.6) is 0 Å². The Balaban J connectivity index is 2.31. The minimum Gasteiger partial charge on any atom is -0.317 e. The molecule has 0 unspecified atom stereocenters. The van der Waals surface area contributed by atoms with E-state index in [0.717, 1.165) is 44.3 Å². The smallest absolute Gasteiger partial charge is 0.244 e. The van der Waals surface area contributed by atoms with E-state index in [0.29, 0.717) is 5.02 Å². The normalized spacial score (nSPS) is 17.3. The predicted molar refractivity (Wildman–Crippen MR) is 86.3 cm³/mol. The lowest BCUT2D eigenvalue weighted by molar-refractivity contribution is 0.296. The number of hydrogen-bond acceptors (Lipinski definition) is 3. The van der Waals surface area contributed by atoms with Crippen LogP contribution in [0.25, 0.3) is 0 Å². The van der Waals surface area contributed by atoms with Crippen molar-refractivity contribution in [2.45, 2.75) is 43.5 Å². The molecule has 0 aromatic heterocycles. The van der Waals surface area contributed by atoms with Gasteiger partial charge in [-0.25, -0.2) is 8.42 Å². The van der Waals surface area contributed by atoms with Gasteiger partial charge in [-0.2, -0.15) is 4.31 Å². The molecule has 6 heteroatoms. The number of hydrogen-bond donors (Lipinski definition) is 1. The highest BCUT2D eigenvalue weighted by Crippen LogP contribution is 2.28. The van der Waals surface area contributed by atoms with Gasteiger partial charge in [0.15, 0.2) is 0 Å². The van der Waals surface area contributed by atoms with Crippen LogP contribution in [0.15, 0.2) is 23.1 Å². The van der Waals surface area contributed by atoms with Gasteiger partial charge < -0.3 is 5.32 Å². The molecule has 1 saturated heterocycles. The molecule has 2 rings (SSSR count). The van der Waals surface area contributed by atoms with Gasteiger partial charge in [-0.05, 0) is 50.0 Å². The molecular weight excluding hydrogens is 308 g/mol. The number of aryl methyl sites for hydroxylation is 1. The summed E-state index contributed by atoms with van der Waals surface area (Å²) in [5.41, 5.74) is 1.01. The molecule has 0 radical (unpaired) electrons. The van der Waals surface area contributed by atoms with Crippen molar-refractivity contribution in [3.05, 3.63) is 28.8 Å². The van der Waals surface area contributed by atoms with Crippen LogP contribution in [0.4, 0.5) is 0 Å². The van der Waals surface area contributed by atoms with E-state index >= 15 is 0 Å². The third-order valence-corrected chi connectivity index (χ3v) is 6.41. The second kappa shape index (κ2) is 7.09. The van der Waals surface area contributed by atoms with Crippen molar-refractivity contribution in [2.75, 3.05) is 20.1 Å². The molecule has 1 fully saturated rings. The maximum Gasteiger partial charge on any atom is 0.244 e. The maximum atomic E-state index is 12.8. The molecule has 0 spiro atoms. The molecule has 21 heavy (non-hydrogen) atoms. The zero-order chi connectivity index (χ0) is 15.5. The zero-order valence-electron chi connectivity index (χ0n) is 12.6. The van der Waals surface area contributed by atoms with E-state index in [1.807, 2.05) is 6.07 Å². The van der Waals surface area contributed by atoms with Gasteiger partial charge in [0.25, 0.3) is 0 Å². The number of nitrogens with one attached hydrogen (secondary N) is 1. The molecular formula is C15H23ClN2O2S. The summed E-state index contributed by atoms with van der Waals surface area (Å²) in [6.07, 6.45) is 3.51. The van der Waals surface area contributed by atoms with Crippen LogP contribution in [-0.4, -0.2) is 38.9 Å². The van der Waals surface area contributed by atoms with Crippen molar-refractivity contribution in [2.24, 2.45) is 0 Å². The Labute approximate surface area is 132 Å². The van der Waals surface area contributed by atoms with Crippen molar-refractivity contribution in [1.29, 1.82) is 0 Å². The van der Waals surface area contributed by atoms with Crippen LogP contribution in [0.1, 0.15) is 31.7 Å². The van der Waals surface area contributed by atoms with Gasteiger partial charge in [0.2, 0.25) is 10.0 Å². The highest BCUT2D eigenvalue weighted by atomic mass is 35.5. The SMILES string of the molecule is CCCc1ccc(Cl)c(S(=O)(=O)N(C)C2CCNCC2)c1. The molecule has 0 aliphatic carbocycles. The first-order valence-electron chi connectivity index (χ1n) is 7.44. The fraction of sp³-hybridized carbons (Fsp3) is 0.600. The third kappa shape index (κ3) is 3.77. The number of benzene rings is 1. The zero-order valence-corrected chi connectivity index (χ0v) is 14.2. The van der Waals surface area contributed by atoms with Gasteiger partial charge in [-0.1, -0.05) is 31.0 Å². The molecule has 0 saturated carbocycles. The summed E-state index contributed by atoms with van der Waals surface area (Å²) in [7, 11) is -1.88. The summed E-state index contributed by atoms with van der Waals surface area (Å²) in [5.74, 6) is 0. The Morgan fingerprint density at radius 1 is 1.33 bits per heavy atom. The standard InChI is InChI=1S/C15H23ClN2O2S/c1-3-4-12-5-6-14(16)15(11-12)21(19,20)18(2)13-7-9-17-10-8-13/h5-6,11,13,17H,3-4,7-10H2,1-2H3. The lowest BCUT2D eigenvalue weighted by Gasteiger charge is -2.31. The van der Waals surface area contributed by atoms with E-state index < -0.39 is 10.0 Å². The first-order valence-corrected chi connectivity index (χ1v) is 9.25. The molecule has 1 aromatic carbocycles. The van der Waals surface area contributed by atoms with Crippen molar-refractivity contribution in [1.82, 2.24) is 9.62 Å². The molecule has 1 aromatic rings. The summed E-state index contributed by atoms with van der Waals surface area (Å²) in [6, 6.07) is 5.35. The maximum absolute atomic E-state index is 12.8. The van der Waals surface area contributed by atoms with E-state index in [1.54, 1.807) is 19.2 Å². The number of piperidine rings is 1. The van der Waals surface area contributed by atoms with Crippen LogP contribution >= 0.6 is 11.6 Å². The van der Waals surface area contributed by atoms with Crippen molar-refractivity contribution >= 4 is 21.6 Å². The first-order chi connectivity index (χ1) is 9.96. The summed E-state index contributed by atoms with van der Waals surface area (Å²) in [6.45, 7) is 3.78. The van der Waals surface area contributed by atoms with Gasteiger partial charge in [0.05, 0.1) is 5.02 Å². The third-order valence-electron chi connectivity index (χ3n) is 4.01. The number of sulfonamides is 1. The van der Waals surface area contributed by atoms with Crippen LogP contribution in [0.3, 0.4) is 0 Å². The predicted octanol–water partition coefficient (Wildman–Crippen LogP) is 2.67. The Hall–Kier alpha value is -0.620. The number of rotatable bonds is 5. The number of halogens is 1. The van der Waals surface area contributed by atoms with Crippen LogP contribution in [0, 0.1) is 0 Å². The van der Waals surface area contributed by atoms with Gasteiger partial charge in [-0.15, -0.1) is 0 Å². The average Bonchev–Trinajstić information content (AvgIpc) is 2.49. The van der Waals surface area contributed by atoms with Crippen LogP contribution < -0.4 is 5.32 Å². The highest BCUT2D eigenvalue weighted by molar-refractivity contribution is 7.89. The fourth-order valence-corrected chi connectivity index (χ4v) is 4.65. The van der Waals surface area contributed by atoms with Crippen LogP contribution in [0.2, 0.25) is 5.02 Å². The quantitative estimate of drug-likeness (QED) is 0.903. The Morgan fingerprint density at radius 2 is 2.00 bits per heavy atom. The van der Waals surface area contributed by atoms with Crippen molar-refractivity contribution in [3.8, 4) is 0 Å². The van der Waals surface area contributed by atoms with Gasteiger partial charge in [-0.3, -0.25) is 0 Å². The summed E-state index contributed by atoms with van der Waals surface area (Å²) in [5, 5.41) is 3.55. The first kappa shape index (κ1) is 16.7. The Morgan fingerprint density at radius 3 is 2.62 bits per heavy atom. The minimum atomic E-state index is -3.54. The van der Waals surface area contributed by atoms with Crippen LogP contribution in [-0.2, 0) is 16.4 Å². The van der Waals surface area contributed by atoms with E-state index in [2.05, 4.69) is 12.2 Å². The largest absolute Gasteiger partial charge is 0.317 e. The molecule has 0 atom stereocenters. The summed E-state index contributed by atoms with van der Waals surface area (Å²) in [4.78, 5) is 0.233. The molecule has 1 heterocycles. The van der Waals surface area contributed by atoms with Gasteiger partial charge in [0.1, 0.15) is 4.90 Å². The highest BCUT2D eigenvalue weighted by Gasteiger charge is 2.30. The summed E-state index contributed by atoms with van der Waals surface area (Å²) < 4.78 is 27.2. The number of nitrogens with zero attached hydrogens (tertiary/aromatic N) is 1. The Bertz CT molecular complexity index is 583. The van der Waals surface area contributed by atoms with Crippen molar-refractivity contribution < 1.29 is 8.42 Å². The van der Waals surface area contributed by atoms with E-state index in [9.17, 15) is 8.42 Å². The average molecular weight is 331 g/mol. The molecule has 4 nitrogen and oxygen atoms in total.